The Kier molecular flexibility index (Phi) is 5.94. The number of halogens is 3. The first-order valence-electron chi connectivity index (χ1n) is 4.60. The number of amides is 3. The number of carbonyl (C=O) groups excluding carboxylic acids is 2. The van der Waals surface area contributed by atoms with Crippen molar-refractivity contribution in [3.8, 4) is 0 Å². The Morgan fingerprint density at radius 1 is 1.29 bits per heavy atom. The number of benzene rings is 1. The molecule has 0 aliphatic heterocycles. The molecule has 1 atom stereocenters. The highest BCUT2D eigenvalue weighted by atomic mass is 79.9. The lowest BCUT2D eigenvalue weighted by molar-refractivity contribution is -0.118. The number of hydrogen-bond donors (Lipinski definition) is 2. The molecule has 1 rings (SSSR count). The van der Waals surface area contributed by atoms with E-state index in [1.807, 2.05) is 0 Å². The number of alkyl halides is 2. The van der Waals surface area contributed by atoms with Gasteiger partial charge in [-0.2, -0.15) is 0 Å². The Bertz CT molecular complexity index is 411. The number of hydrogen-bond acceptors (Lipinski definition) is 2. The first-order chi connectivity index (χ1) is 8.02. The number of rotatable bonds is 3. The van der Waals surface area contributed by atoms with E-state index in [-0.39, 0.29) is 0 Å². The Morgan fingerprint density at radius 2 is 1.88 bits per heavy atom. The van der Waals surface area contributed by atoms with E-state index in [1.54, 1.807) is 24.3 Å². The van der Waals surface area contributed by atoms with E-state index in [4.69, 9.17) is 11.6 Å². The lowest BCUT2D eigenvalue weighted by atomic mass is 10.3. The molecule has 1 aromatic carbocycles. The molecule has 0 fully saturated rings. The third-order valence-electron chi connectivity index (χ3n) is 1.76. The van der Waals surface area contributed by atoms with E-state index in [0.29, 0.717) is 16.0 Å². The highest BCUT2D eigenvalue weighted by Crippen LogP contribution is 2.13. The minimum Gasteiger partial charge on any atom is -0.308 e. The molecule has 0 radical (unpaired) electrons. The van der Waals surface area contributed by atoms with Crippen LogP contribution in [0, 0.1) is 0 Å². The van der Waals surface area contributed by atoms with Gasteiger partial charge in [0.2, 0.25) is 5.91 Å². The minimum absolute atomic E-state index is 0.409. The first-order valence-corrected chi connectivity index (χ1v) is 7.02. The second-order valence-corrected chi connectivity index (χ2v) is 5.26. The third-order valence-corrected chi connectivity index (χ3v) is 4.27. The molecule has 1 aromatic rings. The molecule has 4 nitrogen and oxygen atoms in total. The Morgan fingerprint density at radius 3 is 2.41 bits per heavy atom. The summed E-state index contributed by atoms with van der Waals surface area (Å²) in [7, 11) is 0. The van der Waals surface area contributed by atoms with Gasteiger partial charge in [-0.25, -0.2) is 4.79 Å². The van der Waals surface area contributed by atoms with Crippen molar-refractivity contribution in [2.75, 3.05) is 10.6 Å². The van der Waals surface area contributed by atoms with E-state index in [0.717, 1.165) is 0 Å². The molecule has 0 bridgehead atoms. The van der Waals surface area contributed by atoms with Crippen molar-refractivity contribution in [3.05, 3.63) is 29.3 Å². The van der Waals surface area contributed by atoms with Gasteiger partial charge >= 0.3 is 6.03 Å². The molecule has 0 saturated heterocycles. The van der Waals surface area contributed by atoms with Gasteiger partial charge in [0.25, 0.3) is 0 Å². The summed E-state index contributed by atoms with van der Waals surface area (Å²) >= 11 is 11.9. The predicted molar refractivity (Wildman–Crippen MR) is 75.1 cm³/mol. The van der Waals surface area contributed by atoms with Gasteiger partial charge in [0.05, 0.1) is 0 Å². The summed E-state index contributed by atoms with van der Waals surface area (Å²) in [6.45, 7) is 0. The summed E-state index contributed by atoms with van der Waals surface area (Å²) in [6.07, 6.45) is 0. The highest BCUT2D eigenvalue weighted by Gasteiger charge is 2.15. The summed E-state index contributed by atoms with van der Waals surface area (Å²) in [5, 5.41) is 5.71. The van der Waals surface area contributed by atoms with Crippen LogP contribution in [-0.2, 0) is 4.79 Å². The van der Waals surface area contributed by atoms with Crippen molar-refractivity contribution in [1.82, 2.24) is 5.32 Å². The van der Waals surface area contributed by atoms with Crippen molar-refractivity contribution < 1.29 is 9.59 Å². The fourth-order valence-corrected chi connectivity index (χ4v) is 1.49. The fraction of sp³-hybridized carbons (Fsp3) is 0.200. The molecular weight excluding hydrogens is 375 g/mol. The van der Waals surface area contributed by atoms with Gasteiger partial charge in [-0.1, -0.05) is 43.5 Å². The van der Waals surface area contributed by atoms with Crippen LogP contribution in [0.1, 0.15) is 0 Å². The molecule has 0 spiro atoms. The second-order valence-electron chi connectivity index (χ2n) is 3.07. The molecule has 0 aromatic heterocycles. The van der Waals surface area contributed by atoms with Crippen LogP contribution >= 0.6 is 43.5 Å². The first kappa shape index (κ1) is 14.5. The maximum atomic E-state index is 11.4. The minimum atomic E-state index is -0.581. The van der Waals surface area contributed by atoms with Crippen molar-refractivity contribution in [1.29, 1.82) is 0 Å². The Hall–Kier alpha value is -0.590. The van der Waals surface area contributed by atoms with Gasteiger partial charge in [-0.05, 0) is 24.3 Å². The van der Waals surface area contributed by atoms with E-state index < -0.39 is 16.8 Å². The summed E-state index contributed by atoms with van der Waals surface area (Å²) in [4.78, 5) is 22.3. The number of urea groups is 1. The second kappa shape index (κ2) is 6.98. The number of anilines is 1. The Balaban J connectivity index is 2.50. The van der Waals surface area contributed by atoms with E-state index in [9.17, 15) is 9.59 Å². The summed E-state index contributed by atoms with van der Waals surface area (Å²) in [5.74, 6) is -0.409. The molecule has 2 N–H and O–H groups in total. The normalized spacial score (nSPS) is 11.7. The molecule has 17 heavy (non-hydrogen) atoms. The van der Waals surface area contributed by atoms with Crippen LogP contribution in [-0.4, -0.2) is 22.1 Å². The highest BCUT2D eigenvalue weighted by molar-refractivity contribution is 9.12. The number of carbonyl (C=O) groups is 2. The van der Waals surface area contributed by atoms with Crippen LogP contribution < -0.4 is 10.6 Å². The monoisotopic (exact) mass is 382 g/mol. The lowest BCUT2D eigenvalue weighted by Crippen LogP contribution is -2.39. The van der Waals surface area contributed by atoms with Crippen LogP contribution in [0.25, 0.3) is 0 Å². The van der Waals surface area contributed by atoms with Crippen LogP contribution in [0.3, 0.4) is 0 Å². The largest absolute Gasteiger partial charge is 0.325 e. The average Bonchev–Trinajstić information content (AvgIpc) is 2.30. The van der Waals surface area contributed by atoms with Crippen molar-refractivity contribution in [2.45, 2.75) is 4.83 Å². The zero-order chi connectivity index (χ0) is 12.8. The quantitative estimate of drug-likeness (QED) is 0.787. The van der Waals surface area contributed by atoms with Crippen LogP contribution in [0.4, 0.5) is 10.5 Å². The molecule has 7 heteroatoms. The lowest BCUT2D eigenvalue weighted by Gasteiger charge is -2.08. The third kappa shape index (κ3) is 5.06. The zero-order valence-electron chi connectivity index (χ0n) is 8.54. The fourth-order valence-electron chi connectivity index (χ4n) is 0.956. The van der Waals surface area contributed by atoms with Gasteiger partial charge in [0, 0.05) is 16.0 Å². The topological polar surface area (TPSA) is 58.2 Å². The van der Waals surface area contributed by atoms with E-state index in [2.05, 4.69) is 42.5 Å². The molecule has 3 amide bonds. The van der Waals surface area contributed by atoms with Crippen molar-refractivity contribution >= 4 is 61.1 Å². The molecule has 0 heterocycles. The summed E-state index contributed by atoms with van der Waals surface area (Å²) in [5.41, 5.74) is 0.560. The molecule has 0 aliphatic carbocycles. The van der Waals surface area contributed by atoms with E-state index >= 15 is 0 Å². The molecular formula is C10H9Br2ClN2O2. The van der Waals surface area contributed by atoms with Gasteiger partial charge < -0.3 is 5.32 Å². The van der Waals surface area contributed by atoms with Crippen LogP contribution in [0.5, 0.6) is 0 Å². The van der Waals surface area contributed by atoms with Crippen molar-refractivity contribution in [3.63, 3.8) is 0 Å². The van der Waals surface area contributed by atoms with Gasteiger partial charge in [-0.15, -0.1) is 0 Å². The van der Waals surface area contributed by atoms with Gasteiger partial charge in [0.1, 0.15) is 4.83 Å². The SMILES string of the molecule is O=C(NC(=O)C(Br)CBr)Nc1ccc(Cl)cc1. The number of imide groups is 1. The average molecular weight is 384 g/mol. The smallest absolute Gasteiger partial charge is 0.308 e. The predicted octanol–water partition coefficient (Wildman–Crippen LogP) is 3.15. The maximum Gasteiger partial charge on any atom is 0.325 e. The molecule has 0 aliphatic rings. The zero-order valence-corrected chi connectivity index (χ0v) is 12.5. The van der Waals surface area contributed by atoms with Gasteiger partial charge in [-0.3, -0.25) is 10.1 Å². The van der Waals surface area contributed by atoms with Crippen molar-refractivity contribution in [2.24, 2.45) is 0 Å². The molecule has 1 unspecified atom stereocenters. The Labute approximate surface area is 120 Å². The maximum absolute atomic E-state index is 11.4. The molecule has 0 saturated carbocycles. The molecule has 92 valence electrons. The number of nitrogens with one attached hydrogen (secondary N) is 2. The summed E-state index contributed by atoms with van der Waals surface area (Å²) < 4.78 is 0. The van der Waals surface area contributed by atoms with Crippen LogP contribution in [0.2, 0.25) is 5.02 Å². The summed E-state index contributed by atoms with van der Waals surface area (Å²) in [6, 6.07) is 5.99. The standard InChI is InChI=1S/C10H9Br2ClN2O2/c11-5-8(12)9(16)15-10(17)14-7-3-1-6(13)2-4-7/h1-4,8H,5H2,(H2,14,15,16,17). The van der Waals surface area contributed by atoms with Crippen LogP contribution in [0.15, 0.2) is 24.3 Å². The van der Waals surface area contributed by atoms with Gasteiger partial charge in [0.15, 0.2) is 0 Å². The van der Waals surface area contributed by atoms with E-state index in [1.165, 1.54) is 0 Å².